The highest BCUT2D eigenvalue weighted by Gasteiger charge is 2.17. The zero-order chi connectivity index (χ0) is 28.5. The number of aryl methyl sites for hydroxylation is 1. The van der Waals surface area contributed by atoms with Crippen LogP contribution in [0.15, 0.2) is 114 Å². The Morgan fingerprint density at radius 1 is 0.800 bits per heavy atom. The van der Waals surface area contributed by atoms with Gasteiger partial charge < -0.3 is 16.0 Å². The number of halogens is 1. The van der Waals surface area contributed by atoms with E-state index in [-0.39, 0.29) is 16.9 Å². The number of nitrogens with one attached hydrogen (secondary N) is 3. The third kappa shape index (κ3) is 7.91. The molecule has 0 aliphatic rings. The van der Waals surface area contributed by atoms with Gasteiger partial charge in [0.1, 0.15) is 11.5 Å². The largest absolute Gasteiger partial charge is 0.325 e. The molecule has 6 nitrogen and oxygen atoms in total. The fourth-order valence-corrected chi connectivity index (χ4v) is 4.56. The van der Waals surface area contributed by atoms with Crippen molar-refractivity contribution in [3.63, 3.8) is 0 Å². The first-order valence-electron chi connectivity index (χ1n) is 12.6. The van der Waals surface area contributed by atoms with Crippen LogP contribution >= 0.6 is 11.8 Å². The molecule has 0 aliphatic carbocycles. The molecule has 1 unspecified atom stereocenters. The minimum atomic E-state index is -0.542. The van der Waals surface area contributed by atoms with Gasteiger partial charge in [-0.2, -0.15) is 0 Å². The van der Waals surface area contributed by atoms with Crippen LogP contribution in [0.2, 0.25) is 0 Å². The second-order valence-corrected chi connectivity index (χ2v) is 10.4. The summed E-state index contributed by atoms with van der Waals surface area (Å²) in [5, 5.41) is 8.05. The first-order valence-corrected chi connectivity index (χ1v) is 13.4. The number of hydrogen-bond donors (Lipinski definition) is 3. The molecular weight excluding hydrogens is 525 g/mol. The molecule has 0 aliphatic heterocycles. The molecular formula is C32H28FN3O3S. The van der Waals surface area contributed by atoms with Crippen molar-refractivity contribution in [1.29, 1.82) is 0 Å². The molecule has 3 amide bonds. The molecule has 3 N–H and O–H groups in total. The van der Waals surface area contributed by atoms with Gasteiger partial charge in [-0.05, 0) is 85.6 Å². The molecule has 4 aromatic rings. The fourth-order valence-electron chi connectivity index (χ4n) is 3.69. The lowest BCUT2D eigenvalue weighted by molar-refractivity contribution is -0.115. The lowest BCUT2D eigenvalue weighted by Crippen LogP contribution is -2.30. The van der Waals surface area contributed by atoms with Gasteiger partial charge in [-0.1, -0.05) is 48.5 Å². The van der Waals surface area contributed by atoms with Gasteiger partial charge in [0.25, 0.3) is 11.8 Å². The molecule has 0 saturated carbocycles. The number of rotatable bonds is 9. The average Bonchev–Trinajstić information content (AvgIpc) is 2.96. The Hall–Kier alpha value is -4.69. The molecule has 0 radical (unpaired) electrons. The second-order valence-electron chi connectivity index (χ2n) is 8.97. The molecule has 0 heterocycles. The van der Waals surface area contributed by atoms with Gasteiger partial charge in [0.05, 0.1) is 5.25 Å². The Kier molecular flexibility index (Phi) is 9.48. The summed E-state index contributed by atoms with van der Waals surface area (Å²) in [5.41, 5.74) is 3.21. The molecule has 0 saturated heterocycles. The van der Waals surface area contributed by atoms with Gasteiger partial charge in [0, 0.05) is 21.8 Å². The van der Waals surface area contributed by atoms with Crippen LogP contribution in [0.3, 0.4) is 0 Å². The van der Waals surface area contributed by atoms with Crippen LogP contribution in [0, 0.1) is 12.7 Å². The highest BCUT2D eigenvalue weighted by Crippen LogP contribution is 2.26. The van der Waals surface area contributed by atoms with Crippen LogP contribution < -0.4 is 16.0 Å². The van der Waals surface area contributed by atoms with Crippen molar-refractivity contribution in [3.05, 3.63) is 131 Å². The Morgan fingerprint density at radius 3 is 2.12 bits per heavy atom. The maximum Gasteiger partial charge on any atom is 0.272 e. The first-order chi connectivity index (χ1) is 19.3. The van der Waals surface area contributed by atoms with Crippen molar-refractivity contribution in [2.75, 3.05) is 10.6 Å². The second kappa shape index (κ2) is 13.4. The molecule has 202 valence electrons. The third-order valence-corrected chi connectivity index (χ3v) is 7.02. The minimum Gasteiger partial charge on any atom is -0.325 e. The fraction of sp³-hybridized carbons (Fsp3) is 0.0938. The smallest absolute Gasteiger partial charge is 0.272 e. The molecule has 4 rings (SSSR count). The minimum absolute atomic E-state index is 0.000381. The van der Waals surface area contributed by atoms with E-state index in [2.05, 4.69) is 16.0 Å². The Balaban J connectivity index is 1.43. The summed E-state index contributed by atoms with van der Waals surface area (Å²) in [5.74, 6) is -1.51. The number of benzene rings is 4. The van der Waals surface area contributed by atoms with E-state index < -0.39 is 17.6 Å². The number of carbonyl (C=O) groups is 3. The highest BCUT2D eigenvalue weighted by atomic mass is 32.2. The first kappa shape index (κ1) is 28.3. The molecule has 40 heavy (non-hydrogen) atoms. The number of para-hydroxylation sites is 1. The molecule has 1 atom stereocenters. The number of amides is 3. The molecule has 0 bridgehead atoms. The van der Waals surface area contributed by atoms with Crippen LogP contribution in [0.25, 0.3) is 6.08 Å². The number of thioether (sulfide) groups is 1. The maximum atomic E-state index is 13.4. The summed E-state index contributed by atoms with van der Waals surface area (Å²) in [6.07, 6.45) is 1.48. The number of carbonyl (C=O) groups excluding carboxylic acids is 3. The molecule has 0 aromatic heterocycles. The lowest BCUT2D eigenvalue weighted by atomic mass is 10.1. The molecule has 0 spiro atoms. The molecule has 8 heteroatoms. The van der Waals surface area contributed by atoms with E-state index in [1.54, 1.807) is 42.5 Å². The van der Waals surface area contributed by atoms with E-state index >= 15 is 0 Å². The van der Waals surface area contributed by atoms with Gasteiger partial charge in [0.15, 0.2) is 0 Å². The number of anilines is 2. The number of hydrogen-bond acceptors (Lipinski definition) is 4. The van der Waals surface area contributed by atoms with Gasteiger partial charge in [-0.25, -0.2) is 4.39 Å². The van der Waals surface area contributed by atoms with Crippen molar-refractivity contribution in [2.45, 2.75) is 24.0 Å². The third-order valence-electron chi connectivity index (χ3n) is 5.91. The summed E-state index contributed by atoms with van der Waals surface area (Å²) >= 11 is 1.40. The van der Waals surface area contributed by atoms with Crippen molar-refractivity contribution in [2.24, 2.45) is 0 Å². The van der Waals surface area contributed by atoms with Crippen LogP contribution in [0.5, 0.6) is 0 Å². The monoisotopic (exact) mass is 553 g/mol. The van der Waals surface area contributed by atoms with Crippen LogP contribution in [-0.2, 0) is 9.59 Å². The van der Waals surface area contributed by atoms with E-state index in [0.717, 1.165) is 16.1 Å². The Labute approximate surface area is 236 Å². The van der Waals surface area contributed by atoms with Crippen molar-refractivity contribution >= 4 is 46.9 Å². The lowest BCUT2D eigenvalue weighted by Gasteiger charge is -2.14. The van der Waals surface area contributed by atoms with Gasteiger partial charge in [-0.15, -0.1) is 11.8 Å². The Bertz CT molecular complexity index is 1520. The van der Waals surface area contributed by atoms with E-state index in [1.165, 1.54) is 42.1 Å². The van der Waals surface area contributed by atoms with Gasteiger partial charge >= 0.3 is 0 Å². The maximum absolute atomic E-state index is 13.4. The van der Waals surface area contributed by atoms with Crippen LogP contribution in [-0.4, -0.2) is 23.0 Å². The molecule has 0 fully saturated rings. The van der Waals surface area contributed by atoms with Crippen LogP contribution in [0.1, 0.15) is 28.4 Å². The van der Waals surface area contributed by atoms with Gasteiger partial charge in [-0.3, -0.25) is 14.4 Å². The predicted octanol–water partition coefficient (Wildman–Crippen LogP) is 6.66. The Morgan fingerprint density at radius 2 is 1.45 bits per heavy atom. The van der Waals surface area contributed by atoms with Gasteiger partial charge in [0.2, 0.25) is 5.91 Å². The SMILES string of the molecule is Cc1ccccc1NC(=O)C(C)Sc1ccc(NC(=O)/C(=C/c2ccc(F)cc2)NC(=O)c2ccccc2)cc1. The van der Waals surface area contributed by atoms with Crippen molar-refractivity contribution in [1.82, 2.24) is 5.32 Å². The van der Waals surface area contributed by atoms with E-state index in [4.69, 9.17) is 0 Å². The summed E-state index contributed by atoms with van der Waals surface area (Å²) in [4.78, 5) is 39.5. The van der Waals surface area contributed by atoms with E-state index in [0.29, 0.717) is 16.8 Å². The summed E-state index contributed by atoms with van der Waals surface area (Å²) in [7, 11) is 0. The summed E-state index contributed by atoms with van der Waals surface area (Å²) in [6.45, 7) is 3.77. The quantitative estimate of drug-likeness (QED) is 0.160. The highest BCUT2D eigenvalue weighted by molar-refractivity contribution is 8.00. The van der Waals surface area contributed by atoms with Crippen molar-refractivity contribution in [3.8, 4) is 0 Å². The zero-order valence-electron chi connectivity index (χ0n) is 22.0. The average molecular weight is 554 g/mol. The zero-order valence-corrected chi connectivity index (χ0v) is 22.8. The standard InChI is InChI=1S/C32H28FN3O3S/c1-21-8-6-7-11-28(21)35-30(37)22(2)40-27-18-16-26(17-19-27)34-32(39)29(20-23-12-14-25(33)15-13-23)36-31(38)24-9-4-3-5-10-24/h3-20,22H,1-2H3,(H,34,39)(H,35,37)(H,36,38)/b29-20-. The topological polar surface area (TPSA) is 87.3 Å². The van der Waals surface area contributed by atoms with Crippen molar-refractivity contribution < 1.29 is 18.8 Å². The normalized spacial score (nSPS) is 11.8. The van der Waals surface area contributed by atoms with Crippen LogP contribution in [0.4, 0.5) is 15.8 Å². The summed E-state index contributed by atoms with van der Waals surface area (Å²) in [6, 6.07) is 28.8. The predicted molar refractivity (Wildman–Crippen MR) is 158 cm³/mol. The summed E-state index contributed by atoms with van der Waals surface area (Å²) < 4.78 is 13.4. The van der Waals surface area contributed by atoms with E-state index in [9.17, 15) is 18.8 Å². The van der Waals surface area contributed by atoms with E-state index in [1.807, 2.05) is 50.2 Å². The molecule has 4 aromatic carbocycles.